The van der Waals surface area contributed by atoms with Crippen LogP contribution in [0.25, 0.3) is 0 Å². The molecule has 0 radical (unpaired) electrons. The van der Waals surface area contributed by atoms with E-state index >= 15 is 0 Å². The van der Waals surface area contributed by atoms with Gasteiger partial charge in [0.05, 0.1) is 11.1 Å². The third-order valence-corrected chi connectivity index (χ3v) is 3.71. The standard InChI is InChI=1S/C14H10O4.C7H9N/c15-12-8-10(14(17)18)6-7-11(12)13(16)9-4-2-1-3-5-9;1-6-4-2-3-5-7(6)8/h1-8,15H,(H,17,18);2-5H,8H2,1H3. The quantitative estimate of drug-likeness (QED) is 0.492. The number of para-hydroxylation sites is 1. The molecule has 3 aromatic rings. The van der Waals surface area contributed by atoms with Crippen LogP contribution in [0.5, 0.6) is 5.75 Å². The van der Waals surface area contributed by atoms with Gasteiger partial charge < -0.3 is 15.9 Å². The first-order valence-electron chi connectivity index (χ1n) is 7.87. The number of benzene rings is 3. The number of phenolic OH excluding ortho intramolecular Hbond substituents is 1. The number of carboxylic acid groups (broad SMARTS) is 1. The van der Waals surface area contributed by atoms with E-state index in [1.54, 1.807) is 30.3 Å². The van der Waals surface area contributed by atoms with E-state index in [9.17, 15) is 14.7 Å². The van der Waals surface area contributed by atoms with Gasteiger partial charge in [-0.3, -0.25) is 4.79 Å². The first-order chi connectivity index (χ1) is 12.4. The largest absolute Gasteiger partial charge is 0.507 e. The Kier molecular flexibility index (Phi) is 6.11. The van der Waals surface area contributed by atoms with E-state index in [2.05, 4.69) is 0 Å². The number of rotatable bonds is 3. The predicted octanol–water partition coefficient (Wildman–Crippen LogP) is 3.90. The van der Waals surface area contributed by atoms with Crippen LogP contribution in [-0.2, 0) is 0 Å². The summed E-state index contributed by atoms with van der Waals surface area (Å²) in [6.45, 7) is 2.00. The van der Waals surface area contributed by atoms with Crippen LogP contribution in [0.15, 0.2) is 72.8 Å². The van der Waals surface area contributed by atoms with Crippen molar-refractivity contribution in [1.82, 2.24) is 0 Å². The first-order valence-corrected chi connectivity index (χ1v) is 7.87. The van der Waals surface area contributed by atoms with Gasteiger partial charge >= 0.3 is 5.97 Å². The molecule has 0 bridgehead atoms. The van der Waals surface area contributed by atoms with Gasteiger partial charge in [-0.05, 0) is 36.8 Å². The zero-order valence-corrected chi connectivity index (χ0v) is 14.2. The monoisotopic (exact) mass is 349 g/mol. The number of nitrogens with two attached hydrogens (primary N) is 1. The molecule has 0 saturated carbocycles. The second-order valence-electron chi connectivity index (χ2n) is 5.59. The molecular formula is C21H19NO4. The fraction of sp³-hybridized carbons (Fsp3) is 0.0476. The number of carboxylic acids is 1. The Hall–Kier alpha value is -3.60. The van der Waals surface area contributed by atoms with Gasteiger partial charge in [0.2, 0.25) is 0 Å². The minimum absolute atomic E-state index is 0.0582. The van der Waals surface area contributed by atoms with Crippen LogP contribution in [-0.4, -0.2) is 22.0 Å². The number of nitrogen functional groups attached to an aromatic ring is 1. The number of phenols is 1. The summed E-state index contributed by atoms with van der Waals surface area (Å²) in [5.74, 6) is -1.82. The van der Waals surface area contributed by atoms with Gasteiger partial charge in [0.1, 0.15) is 5.75 Å². The van der Waals surface area contributed by atoms with Crippen molar-refractivity contribution in [3.63, 3.8) is 0 Å². The van der Waals surface area contributed by atoms with Crippen molar-refractivity contribution in [1.29, 1.82) is 0 Å². The summed E-state index contributed by atoms with van der Waals surface area (Å²) in [7, 11) is 0. The van der Waals surface area contributed by atoms with Crippen molar-refractivity contribution >= 4 is 17.4 Å². The highest BCUT2D eigenvalue weighted by atomic mass is 16.4. The molecule has 0 saturated heterocycles. The molecule has 0 heterocycles. The number of aromatic carboxylic acids is 1. The Morgan fingerprint density at radius 3 is 1.96 bits per heavy atom. The van der Waals surface area contributed by atoms with Crippen molar-refractivity contribution in [2.75, 3.05) is 5.73 Å². The third-order valence-electron chi connectivity index (χ3n) is 3.71. The first kappa shape index (κ1) is 18.7. The number of anilines is 1. The molecule has 0 aliphatic rings. The van der Waals surface area contributed by atoms with Gasteiger partial charge in [-0.2, -0.15) is 0 Å². The minimum Gasteiger partial charge on any atom is -0.507 e. The molecule has 3 aromatic carbocycles. The van der Waals surface area contributed by atoms with Crippen LogP contribution in [0.1, 0.15) is 31.8 Å². The molecule has 0 aliphatic heterocycles. The topological polar surface area (TPSA) is 101 Å². The molecule has 5 heteroatoms. The van der Waals surface area contributed by atoms with E-state index in [0.717, 1.165) is 17.3 Å². The van der Waals surface area contributed by atoms with E-state index < -0.39 is 5.97 Å². The van der Waals surface area contributed by atoms with E-state index in [-0.39, 0.29) is 22.7 Å². The fourth-order valence-corrected chi connectivity index (χ4v) is 2.19. The number of aryl methyl sites for hydroxylation is 1. The molecule has 132 valence electrons. The van der Waals surface area contributed by atoms with E-state index in [0.29, 0.717) is 5.56 Å². The Morgan fingerprint density at radius 1 is 0.846 bits per heavy atom. The maximum Gasteiger partial charge on any atom is 0.335 e. The second-order valence-corrected chi connectivity index (χ2v) is 5.59. The Bertz CT molecular complexity index is 899. The summed E-state index contributed by atoms with van der Waals surface area (Å²) in [5, 5.41) is 18.4. The van der Waals surface area contributed by atoms with Crippen LogP contribution in [0.3, 0.4) is 0 Å². The van der Waals surface area contributed by atoms with Crippen molar-refractivity contribution in [3.05, 3.63) is 95.1 Å². The Balaban J connectivity index is 0.000000254. The smallest absolute Gasteiger partial charge is 0.335 e. The molecule has 4 N–H and O–H groups in total. The lowest BCUT2D eigenvalue weighted by molar-refractivity contribution is 0.0696. The molecule has 0 fully saturated rings. The molecule has 0 atom stereocenters. The summed E-state index contributed by atoms with van der Waals surface area (Å²) < 4.78 is 0. The number of aromatic hydroxyl groups is 1. The number of ketones is 1. The number of hydrogen-bond acceptors (Lipinski definition) is 4. The SMILES string of the molecule is Cc1ccccc1N.O=C(O)c1ccc(C(=O)c2ccccc2)c(O)c1. The molecule has 3 rings (SSSR count). The zero-order valence-electron chi connectivity index (χ0n) is 14.2. The average Bonchev–Trinajstić information content (AvgIpc) is 2.65. The van der Waals surface area contributed by atoms with Crippen LogP contribution >= 0.6 is 0 Å². The zero-order chi connectivity index (χ0) is 19.1. The lowest BCUT2D eigenvalue weighted by Gasteiger charge is -2.04. The highest BCUT2D eigenvalue weighted by Gasteiger charge is 2.15. The summed E-state index contributed by atoms with van der Waals surface area (Å²) >= 11 is 0. The molecular weight excluding hydrogens is 330 g/mol. The Morgan fingerprint density at radius 2 is 1.46 bits per heavy atom. The molecule has 0 aromatic heterocycles. The summed E-state index contributed by atoms with van der Waals surface area (Å²) in [4.78, 5) is 22.7. The maximum atomic E-state index is 12.0. The Labute approximate surface area is 151 Å². The molecule has 0 aliphatic carbocycles. The van der Waals surface area contributed by atoms with Crippen LogP contribution < -0.4 is 5.73 Å². The van der Waals surface area contributed by atoms with Crippen molar-refractivity contribution < 1.29 is 19.8 Å². The van der Waals surface area contributed by atoms with E-state index in [1.807, 2.05) is 31.2 Å². The number of hydrogen-bond donors (Lipinski definition) is 3. The van der Waals surface area contributed by atoms with Crippen LogP contribution in [0, 0.1) is 6.92 Å². The number of carbonyl (C=O) groups excluding carboxylic acids is 1. The normalized spacial score (nSPS) is 9.73. The highest BCUT2D eigenvalue weighted by Crippen LogP contribution is 2.22. The summed E-state index contributed by atoms with van der Waals surface area (Å²) in [5.41, 5.74) is 8.01. The van der Waals surface area contributed by atoms with Gasteiger partial charge in [-0.25, -0.2) is 4.79 Å². The van der Waals surface area contributed by atoms with Gasteiger partial charge in [-0.15, -0.1) is 0 Å². The van der Waals surface area contributed by atoms with E-state index in [4.69, 9.17) is 10.8 Å². The fourth-order valence-electron chi connectivity index (χ4n) is 2.19. The number of carbonyl (C=O) groups is 2. The van der Waals surface area contributed by atoms with Crippen LogP contribution in [0.4, 0.5) is 5.69 Å². The second kappa shape index (κ2) is 8.48. The van der Waals surface area contributed by atoms with Crippen molar-refractivity contribution in [2.24, 2.45) is 0 Å². The minimum atomic E-state index is -1.15. The highest BCUT2D eigenvalue weighted by molar-refractivity contribution is 6.11. The maximum absolute atomic E-state index is 12.0. The predicted molar refractivity (Wildman–Crippen MR) is 101 cm³/mol. The van der Waals surface area contributed by atoms with Crippen LogP contribution in [0.2, 0.25) is 0 Å². The van der Waals surface area contributed by atoms with Gasteiger partial charge in [0.25, 0.3) is 0 Å². The van der Waals surface area contributed by atoms with E-state index in [1.165, 1.54) is 12.1 Å². The summed E-state index contributed by atoms with van der Waals surface area (Å²) in [6, 6.07) is 20.0. The molecule has 5 nitrogen and oxygen atoms in total. The average molecular weight is 349 g/mol. The lowest BCUT2D eigenvalue weighted by atomic mass is 10.0. The molecule has 0 spiro atoms. The van der Waals surface area contributed by atoms with Gasteiger partial charge in [-0.1, -0.05) is 48.5 Å². The lowest BCUT2D eigenvalue weighted by Crippen LogP contribution is -2.03. The van der Waals surface area contributed by atoms with Gasteiger partial charge in [0.15, 0.2) is 5.78 Å². The van der Waals surface area contributed by atoms with Crippen molar-refractivity contribution in [2.45, 2.75) is 6.92 Å². The summed E-state index contributed by atoms with van der Waals surface area (Å²) in [6.07, 6.45) is 0. The van der Waals surface area contributed by atoms with Gasteiger partial charge in [0, 0.05) is 11.3 Å². The van der Waals surface area contributed by atoms with Crippen molar-refractivity contribution in [3.8, 4) is 5.75 Å². The third kappa shape index (κ3) is 4.70. The molecule has 26 heavy (non-hydrogen) atoms. The molecule has 0 amide bonds. The molecule has 0 unspecified atom stereocenters.